The Bertz CT molecular complexity index is 390. The smallest absolute Gasteiger partial charge is 0.237 e. The fourth-order valence-electron chi connectivity index (χ4n) is 2.15. The van der Waals surface area contributed by atoms with E-state index >= 15 is 0 Å². The molecule has 0 aromatic heterocycles. The molecule has 0 saturated carbocycles. The number of hydrogen-bond donors (Lipinski definition) is 2. The van der Waals surface area contributed by atoms with Crippen LogP contribution in [0.15, 0.2) is 24.3 Å². The highest BCUT2D eigenvalue weighted by atomic mass is 16.2. The van der Waals surface area contributed by atoms with E-state index in [1.165, 1.54) is 11.1 Å². The van der Waals surface area contributed by atoms with Gasteiger partial charge in [-0.3, -0.25) is 4.79 Å². The molecule has 92 valence electrons. The number of amides is 1. The summed E-state index contributed by atoms with van der Waals surface area (Å²) in [6, 6.07) is 8.25. The van der Waals surface area contributed by atoms with Gasteiger partial charge in [0.05, 0.1) is 6.04 Å². The molecule has 3 nitrogen and oxygen atoms in total. The number of nitrogens with one attached hydrogen (secondary N) is 2. The minimum Gasteiger partial charge on any atom is -0.355 e. The quantitative estimate of drug-likeness (QED) is 0.774. The zero-order valence-corrected chi connectivity index (χ0v) is 10.3. The van der Waals surface area contributed by atoms with Gasteiger partial charge in [0.2, 0.25) is 5.91 Å². The lowest BCUT2D eigenvalue weighted by atomic mass is 9.95. The monoisotopic (exact) mass is 232 g/mol. The van der Waals surface area contributed by atoms with Gasteiger partial charge in [0, 0.05) is 13.1 Å². The molecule has 1 aliphatic heterocycles. The Morgan fingerprint density at radius 2 is 2.18 bits per heavy atom. The van der Waals surface area contributed by atoms with Crippen LogP contribution in [0.2, 0.25) is 0 Å². The molecule has 0 spiro atoms. The summed E-state index contributed by atoms with van der Waals surface area (Å²) in [6.07, 6.45) is 2.96. The van der Waals surface area contributed by atoms with E-state index in [1.54, 1.807) is 0 Å². The molecule has 1 unspecified atom stereocenters. The Morgan fingerprint density at radius 3 is 2.94 bits per heavy atom. The normalized spacial score (nSPS) is 18.5. The molecule has 1 heterocycles. The van der Waals surface area contributed by atoms with E-state index in [0.717, 1.165) is 32.4 Å². The van der Waals surface area contributed by atoms with Crippen molar-refractivity contribution in [1.29, 1.82) is 0 Å². The van der Waals surface area contributed by atoms with E-state index in [2.05, 4.69) is 29.7 Å². The van der Waals surface area contributed by atoms with E-state index in [9.17, 15) is 4.79 Å². The van der Waals surface area contributed by atoms with Crippen LogP contribution in [0.5, 0.6) is 0 Å². The number of carbonyl (C=O) groups is 1. The molecule has 1 amide bonds. The Morgan fingerprint density at radius 1 is 1.41 bits per heavy atom. The highest BCUT2D eigenvalue weighted by Crippen LogP contribution is 2.16. The van der Waals surface area contributed by atoms with E-state index < -0.39 is 0 Å². The first kappa shape index (κ1) is 12.1. The molecule has 2 N–H and O–H groups in total. The van der Waals surface area contributed by atoms with Gasteiger partial charge in [-0.1, -0.05) is 37.6 Å². The van der Waals surface area contributed by atoms with Crippen LogP contribution >= 0.6 is 0 Å². The minimum atomic E-state index is -0.0678. The van der Waals surface area contributed by atoms with Crippen LogP contribution < -0.4 is 10.6 Å². The second-order valence-corrected chi connectivity index (χ2v) is 4.55. The van der Waals surface area contributed by atoms with Crippen molar-refractivity contribution < 1.29 is 4.79 Å². The van der Waals surface area contributed by atoms with Crippen LogP contribution in [0.4, 0.5) is 0 Å². The predicted octanol–water partition coefficient (Wildman–Crippen LogP) is 1.62. The van der Waals surface area contributed by atoms with E-state index in [4.69, 9.17) is 0 Å². The van der Waals surface area contributed by atoms with Crippen molar-refractivity contribution >= 4 is 5.91 Å². The molecule has 2 rings (SSSR count). The average molecular weight is 232 g/mol. The van der Waals surface area contributed by atoms with Crippen molar-refractivity contribution in [3.8, 4) is 0 Å². The lowest BCUT2D eigenvalue weighted by molar-refractivity contribution is -0.123. The lowest BCUT2D eigenvalue weighted by Crippen LogP contribution is -2.47. The standard InChI is InChI=1S/C14H20N2O/c1-2-3-8-15-14(17)13-9-11-6-4-5-7-12(11)10-16-13/h4-7,13,16H,2-3,8-10H2,1H3,(H,15,17). The van der Waals surface area contributed by atoms with Crippen LogP contribution in [0.1, 0.15) is 30.9 Å². The van der Waals surface area contributed by atoms with Crippen molar-refractivity contribution in [2.24, 2.45) is 0 Å². The lowest BCUT2D eigenvalue weighted by Gasteiger charge is -2.25. The first-order valence-electron chi connectivity index (χ1n) is 6.39. The highest BCUT2D eigenvalue weighted by Gasteiger charge is 2.23. The molecule has 0 fully saturated rings. The number of unbranched alkanes of at least 4 members (excludes halogenated alkanes) is 1. The van der Waals surface area contributed by atoms with Gasteiger partial charge >= 0.3 is 0 Å². The Balaban J connectivity index is 1.91. The van der Waals surface area contributed by atoms with Crippen LogP contribution in [-0.2, 0) is 17.8 Å². The third kappa shape index (κ3) is 3.07. The van der Waals surface area contributed by atoms with Gasteiger partial charge in [0.1, 0.15) is 0 Å². The Hall–Kier alpha value is -1.35. The van der Waals surface area contributed by atoms with Gasteiger partial charge < -0.3 is 10.6 Å². The van der Waals surface area contributed by atoms with Gasteiger partial charge in [0.25, 0.3) is 0 Å². The summed E-state index contributed by atoms with van der Waals surface area (Å²) in [6.45, 7) is 3.71. The predicted molar refractivity (Wildman–Crippen MR) is 68.7 cm³/mol. The van der Waals surface area contributed by atoms with Crippen molar-refractivity contribution in [1.82, 2.24) is 10.6 Å². The number of fused-ring (bicyclic) bond motifs is 1. The van der Waals surface area contributed by atoms with Crippen LogP contribution in [0.3, 0.4) is 0 Å². The summed E-state index contributed by atoms with van der Waals surface area (Å²) in [5, 5.41) is 6.27. The van der Waals surface area contributed by atoms with Crippen molar-refractivity contribution in [2.45, 2.75) is 38.8 Å². The van der Waals surface area contributed by atoms with Gasteiger partial charge in [-0.2, -0.15) is 0 Å². The van der Waals surface area contributed by atoms with Crippen LogP contribution in [0, 0.1) is 0 Å². The third-order valence-corrected chi connectivity index (χ3v) is 3.23. The largest absolute Gasteiger partial charge is 0.355 e. The Kier molecular flexibility index (Phi) is 4.15. The molecule has 1 aromatic carbocycles. The summed E-state index contributed by atoms with van der Waals surface area (Å²) in [4.78, 5) is 11.9. The minimum absolute atomic E-state index is 0.0678. The second-order valence-electron chi connectivity index (χ2n) is 4.55. The van der Waals surface area contributed by atoms with Crippen molar-refractivity contribution in [3.63, 3.8) is 0 Å². The number of benzene rings is 1. The number of carbonyl (C=O) groups excluding carboxylic acids is 1. The summed E-state index contributed by atoms with van der Waals surface area (Å²) in [5.41, 5.74) is 2.60. The highest BCUT2D eigenvalue weighted by molar-refractivity contribution is 5.82. The molecule has 0 saturated heterocycles. The average Bonchev–Trinajstić information content (AvgIpc) is 2.38. The maximum Gasteiger partial charge on any atom is 0.237 e. The summed E-state index contributed by atoms with van der Waals surface area (Å²) in [5.74, 6) is 0.132. The molecule has 3 heteroatoms. The fourth-order valence-corrected chi connectivity index (χ4v) is 2.15. The zero-order valence-electron chi connectivity index (χ0n) is 10.3. The molecule has 0 radical (unpaired) electrons. The van der Waals surface area contributed by atoms with Gasteiger partial charge in [-0.15, -0.1) is 0 Å². The van der Waals surface area contributed by atoms with Crippen LogP contribution in [0.25, 0.3) is 0 Å². The maximum atomic E-state index is 11.9. The van der Waals surface area contributed by atoms with Gasteiger partial charge in [-0.05, 0) is 24.0 Å². The summed E-state index contributed by atoms with van der Waals surface area (Å²) in [7, 11) is 0. The summed E-state index contributed by atoms with van der Waals surface area (Å²) >= 11 is 0. The zero-order chi connectivity index (χ0) is 12.1. The second kappa shape index (κ2) is 5.82. The first-order valence-corrected chi connectivity index (χ1v) is 6.39. The third-order valence-electron chi connectivity index (χ3n) is 3.23. The molecule has 0 aliphatic carbocycles. The van der Waals surface area contributed by atoms with E-state index in [-0.39, 0.29) is 11.9 Å². The van der Waals surface area contributed by atoms with Crippen molar-refractivity contribution in [3.05, 3.63) is 35.4 Å². The van der Waals surface area contributed by atoms with Crippen LogP contribution in [-0.4, -0.2) is 18.5 Å². The SMILES string of the molecule is CCCCNC(=O)C1Cc2ccccc2CN1. The number of rotatable bonds is 4. The summed E-state index contributed by atoms with van der Waals surface area (Å²) < 4.78 is 0. The van der Waals surface area contributed by atoms with Gasteiger partial charge in [0.15, 0.2) is 0 Å². The molecular formula is C14H20N2O. The van der Waals surface area contributed by atoms with E-state index in [0.29, 0.717) is 0 Å². The molecule has 0 bridgehead atoms. The molecule has 1 atom stereocenters. The fraction of sp³-hybridized carbons (Fsp3) is 0.500. The number of hydrogen-bond acceptors (Lipinski definition) is 2. The maximum absolute atomic E-state index is 11.9. The van der Waals surface area contributed by atoms with Gasteiger partial charge in [-0.25, -0.2) is 0 Å². The molecule has 1 aromatic rings. The van der Waals surface area contributed by atoms with Crippen molar-refractivity contribution in [2.75, 3.05) is 6.54 Å². The molecule has 17 heavy (non-hydrogen) atoms. The van der Waals surface area contributed by atoms with E-state index in [1.807, 2.05) is 12.1 Å². The topological polar surface area (TPSA) is 41.1 Å². The molecule has 1 aliphatic rings. The Labute approximate surface area is 103 Å². The first-order chi connectivity index (χ1) is 8.31. The molecular weight excluding hydrogens is 212 g/mol.